The van der Waals surface area contributed by atoms with Crippen LogP contribution in [0.4, 0.5) is 0 Å². The van der Waals surface area contributed by atoms with Gasteiger partial charge in [0, 0.05) is 12.8 Å². The lowest BCUT2D eigenvalue weighted by atomic mass is 10.1. The predicted molar refractivity (Wildman–Crippen MR) is 200 cm³/mol. The molecule has 0 aromatic heterocycles. The molecule has 0 saturated heterocycles. The van der Waals surface area contributed by atoms with Gasteiger partial charge in [-0.3, -0.25) is 9.59 Å². The lowest BCUT2D eigenvalue weighted by Gasteiger charge is -2.20. The number of amides is 1. The van der Waals surface area contributed by atoms with E-state index in [0.717, 1.165) is 57.8 Å². The van der Waals surface area contributed by atoms with E-state index in [1.807, 2.05) is 6.08 Å². The van der Waals surface area contributed by atoms with Gasteiger partial charge in [-0.1, -0.05) is 160 Å². The van der Waals surface area contributed by atoms with Gasteiger partial charge < -0.3 is 20.3 Å². The molecular formula is C41H77NO5. The minimum absolute atomic E-state index is 0.0400. The van der Waals surface area contributed by atoms with E-state index in [9.17, 15) is 19.8 Å². The summed E-state index contributed by atoms with van der Waals surface area (Å²) in [7, 11) is 0. The second-order valence-corrected chi connectivity index (χ2v) is 13.6. The molecule has 2 atom stereocenters. The summed E-state index contributed by atoms with van der Waals surface area (Å²) >= 11 is 0. The van der Waals surface area contributed by atoms with E-state index in [1.165, 1.54) is 116 Å². The quantitative estimate of drug-likeness (QED) is 0.0352. The van der Waals surface area contributed by atoms with Gasteiger partial charge in [-0.05, 0) is 51.4 Å². The smallest absolute Gasteiger partial charge is 0.305 e. The van der Waals surface area contributed by atoms with Crippen molar-refractivity contribution in [1.82, 2.24) is 5.32 Å². The zero-order valence-corrected chi connectivity index (χ0v) is 31.0. The average Bonchev–Trinajstić information content (AvgIpc) is 3.07. The fourth-order valence-electron chi connectivity index (χ4n) is 5.79. The Kier molecular flexibility index (Phi) is 35.9. The van der Waals surface area contributed by atoms with Gasteiger partial charge in [0.2, 0.25) is 5.91 Å². The number of hydrogen-bond acceptors (Lipinski definition) is 5. The number of rotatable bonds is 36. The third-order valence-corrected chi connectivity index (χ3v) is 8.97. The summed E-state index contributed by atoms with van der Waals surface area (Å²) in [6.45, 7) is 4.75. The minimum atomic E-state index is -0.859. The number of carbonyl (C=O) groups is 2. The number of nitrogens with one attached hydrogen (secondary N) is 1. The van der Waals surface area contributed by atoms with Crippen molar-refractivity contribution in [1.29, 1.82) is 0 Å². The minimum Gasteiger partial charge on any atom is -0.466 e. The first-order valence-corrected chi connectivity index (χ1v) is 20.1. The lowest BCUT2D eigenvalue weighted by Crippen LogP contribution is -2.45. The van der Waals surface area contributed by atoms with Crippen LogP contribution >= 0.6 is 0 Å². The van der Waals surface area contributed by atoms with E-state index in [-0.39, 0.29) is 18.5 Å². The predicted octanol–water partition coefficient (Wildman–Crippen LogP) is 10.8. The molecule has 3 N–H and O–H groups in total. The highest BCUT2D eigenvalue weighted by molar-refractivity contribution is 5.76. The Morgan fingerprint density at radius 3 is 1.57 bits per heavy atom. The van der Waals surface area contributed by atoms with Crippen LogP contribution in [-0.2, 0) is 14.3 Å². The number of aliphatic hydroxyl groups is 2. The molecule has 276 valence electrons. The molecule has 47 heavy (non-hydrogen) atoms. The maximum Gasteiger partial charge on any atom is 0.305 e. The maximum atomic E-state index is 12.3. The van der Waals surface area contributed by atoms with Crippen molar-refractivity contribution in [2.75, 3.05) is 13.2 Å². The second-order valence-electron chi connectivity index (χ2n) is 13.6. The van der Waals surface area contributed by atoms with Crippen molar-refractivity contribution in [3.05, 3.63) is 24.3 Å². The van der Waals surface area contributed by atoms with Gasteiger partial charge in [0.25, 0.3) is 0 Å². The summed E-state index contributed by atoms with van der Waals surface area (Å²) in [6, 6.07) is -0.645. The van der Waals surface area contributed by atoms with Gasteiger partial charge in [-0.15, -0.1) is 0 Å². The van der Waals surface area contributed by atoms with E-state index in [1.54, 1.807) is 6.08 Å². The zero-order valence-electron chi connectivity index (χ0n) is 31.0. The van der Waals surface area contributed by atoms with Crippen LogP contribution in [0.5, 0.6) is 0 Å². The number of ether oxygens (including phenoxy) is 1. The van der Waals surface area contributed by atoms with Crippen LogP contribution in [0.3, 0.4) is 0 Å². The summed E-state index contributed by atoms with van der Waals surface area (Å²) in [4.78, 5) is 24.2. The summed E-state index contributed by atoms with van der Waals surface area (Å²) in [5.74, 6) is -0.140. The van der Waals surface area contributed by atoms with Crippen LogP contribution in [0, 0.1) is 0 Å². The van der Waals surface area contributed by atoms with Crippen molar-refractivity contribution in [3.63, 3.8) is 0 Å². The highest BCUT2D eigenvalue weighted by atomic mass is 16.5. The third-order valence-electron chi connectivity index (χ3n) is 8.97. The highest BCUT2D eigenvalue weighted by Crippen LogP contribution is 2.13. The third kappa shape index (κ3) is 34.0. The molecule has 0 saturated carbocycles. The molecule has 0 bridgehead atoms. The molecule has 0 aliphatic heterocycles. The molecule has 0 fully saturated rings. The molecule has 2 unspecified atom stereocenters. The van der Waals surface area contributed by atoms with Gasteiger partial charge in [-0.2, -0.15) is 0 Å². The molecule has 6 nitrogen and oxygen atoms in total. The van der Waals surface area contributed by atoms with E-state index < -0.39 is 12.1 Å². The van der Waals surface area contributed by atoms with E-state index >= 15 is 0 Å². The number of unbranched alkanes of at least 4 members (excludes halogenated alkanes) is 23. The summed E-state index contributed by atoms with van der Waals surface area (Å²) in [6.07, 6.45) is 40.1. The van der Waals surface area contributed by atoms with Gasteiger partial charge in [-0.25, -0.2) is 0 Å². The van der Waals surface area contributed by atoms with Crippen molar-refractivity contribution in [3.8, 4) is 0 Å². The largest absolute Gasteiger partial charge is 0.466 e. The van der Waals surface area contributed by atoms with E-state index in [2.05, 4.69) is 31.3 Å². The highest BCUT2D eigenvalue weighted by Gasteiger charge is 2.17. The van der Waals surface area contributed by atoms with Crippen LogP contribution in [0.2, 0.25) is 0 Å². The maximum absolute atomic E-state index is 12.3. The first-order chi connectivity index (χ1) is 23.0. The first-order valence-electron chi connectivity index (χ1n) is 20.1. The average molecular weight is 664 g/mol. The van der Waals surface area contributed by atoms with Gasteiger partial charge in [0.05, 0.1) is 25.4 Å². The fourth-order valence-corrected chi connectivity index (χ4v) is 5.79. The number of carbonyl (C=O) groups excluding carboxylic acids is 2. The number of allylic oxidation sites excluding steroid dienone is 3. The molecule has 0 aliphatic rings. The molecular weight excluding hydrogens is 586 g/mol. The molecule has 0 spiro atoms. The van der Waals surface area contributed by atoms with Gasteiger partial charge in [0.1, 0.15) is 0 Å². The molecule has 0 rings (SSSR count). The summed E-state index contributed by atoms with van der Waals surface area (Å²) in [5.41, 5.74) is 0. The number of hydrogen-bond donors (Lipinski definition) is 3. The Morgan fingerprint density at radius 1 is 0.574 bits per heavy atom. The van der Waals surface area contributed by atoms with Crippen LogP contribution in [0.15, 0.2) is 24.3 Å². The van der Waals surface area contributed by atoms with Crippen LogP contribution in [0.25, 0.3) is 0 Å². The van der Waals surface area contributed by atoms with Crippen molar-refractivity contribution in [2.24, 2.45) is 0 Å². The monoisotopic (exact) mass is 664 g/mol. The molecule has 0 heterocycles. The van der Waals surface area contributed by atoms with Gasteiger partial charge >= 0.3 is 5.97 Å². The molecule has 6 heteroatoms. The van der Waals surface area contributed by atoms with Crippen molar-refractivity contribution < 1.29 is 24.5 Å². The Labute approximate surface area is 291 Å². The molecule has 0 aliphatic carbocycles. The Hall–Kier alpha value is -1.66. The van der Waals surface area contributed by atoms with E-state index in [0.29, 0.717) is 19.4 Å². The van der Waals surface area contributed by atoms with Gasteiger partial charge in [0.15, 0.2) is 0 Å². The van der Waals surface area contributed by atoms with Crippen LogP contribution in [-0.4, -0.2) is 47.4 Å². The molecule has 0 radical (unpaired) electrons. The van der Waals surface area contributed by atoms with Crippen molar-refractivity contribution >= 4 is 11.9 Å². The topological polar surface area (TPSA) is 95.9 Å². The Bertz CT molecular complexity index is 737. The first kappa shape index (κ1) is 45.3. The van der Waals surface area contributed by atoms with E-state index in [4.69, 9.17) is 4.74 Å². The van der Waals surface area contributed by atoms with Crippen LogP contribution < -0.4 is 5.32 Å². The second kappa shape index (κ2) is 37.2. The number of aliphatic hydroxyl groups excluding tert-OH is 2. The summed E-state index contributed by atoms with van der Waals surface area (Å²) in [5, 5.41) is 22.8. The summed E-state index contributed by atoms with van der Waals surface area (Å²) < 4.78 is 5.40. The SMILES string of the molecule is CCCC/C=C\CCCCCCCC(=O)OCCCCCCCCCCCC(=O)NC(CO)C(O)/C=C/CCCCCCCCCC. The standard InChI is InChI=1S/C41H77NO5/c1-3-5-7-9-11-13-15-19-23-27-31-35-41(46)47-36-32-28-24-20-16-18-22-26-30-34-40(45)42-38(37-43)39(44)33-29-25-21-17-14-12-10-8-6-4-2/h9,11,29,33,38-39,43-44H,3-8,10,12-28,30-32,34-37H2,1-2H3,(H,42,45)/b11-9-,33-29+. The molecule has 1 amide bonds. The molecule has 0 aromatic rings. The number of esters is 1. The lowest BCUT2D eigenvalue weighted by molar-refractivity contribution is -0.143. The van der Waals surface area contributed by atoms with Crippen LogP contribution in [0.1, 0.15) is 200 Å². The zero-order chi connectivity index (χ0) is 34.5. The Balaban J connectivity index is 3.56. The fraction of sp³-hybridized carbons (Fsp3) is 0.854. The Morgan fingerprint density at radius 2 is 1.02 bits per heavy atom. The molecule has 0 aromatic carbocycles. The van der Waals surface area contributed by atoms with Crippen molar-refractivity contribution in [2.45, 2.75) is 212 Å². The normalized spacial score (nSPS) is 13.0.